The fraction of sp³-hybridized carbons (Fsp3) is 0.342. The number of hydrogen-bond acceptors (Lipinski definition) is 8. The molecule has 2 N–H and O–H groups in total. The lowest BCUT2D eigenvalue weighted by Gasteiger charge is -2.23. The maximum atomic E-state index is 13.5. The van der Waals surface area contributed by atoms with Crippen molar-refractivity contribution in [3.8, 4) is 39.4 Å². The van der Waals surface area contributed by atoms with Crippen molar-refractivity contribution in [2.75, 3.05) is 27.3 Å². The fourth-order valence-corrected chi connectivity index (χ4v) is 7.67. The third-order valence-corrected chi connectivity index (χ3v) is 10.7. The van der Waals surface area contributed by atoms with E-state index in [1.54, 1.807) is 34.3 Å². The van der Waals surface area contributed by atoms with Crippen molar-refractivity contribution in [1.82, 2.24) is 34.3 Å². The molecule has 5 heterocycles. The Labute approximate surface area is 315 Å². The van der Waals surface area contributed by atoms with Gasteiger partial charge >= 0.3 is 6.09 Å². The number of rotatable bonds is 11. The van der Waals surface area contributed by atoms with Crippen molar-refractivity contribution >= 4 is 40.7 Å². The Morgan fingerprint density at radius 1 is 1.04 bits per heavy atom. The minimum atomic E-state index is -1.11. The lowest BCUT2D eigenvalue weighted by Crippen LogP contribution is -2.41. The lowest BCUT2D eigenvalue weighted by atomic mass is 9.97. The molecule has 3 aromatic heterocycles. The number of nitrogens with one attached hydrogen (secondary N) is 1. The molecule has 0 spiro atoms. The number of methoxy groups -OCH3 is 1. The van der Waals surface area contributed by atoms with Crippen LogP contribution in [0.5, 0.6) is 5.88 Å². The van der Waals surface area contributed by atoms with E-state index >= 15 is 0 Å². The zero-order chi connectivity index (χ0) is 37.4. The molecular weight excluding hydrogens is 721 g/mol. The summed E-state index contributed by atoms with van der Waals surface area (Å²) in [6.45, 7) is 1.37. The van der Waals surface area contributed by atoms with Gasteiger partial charge in [-0.1, -0.05) is 59.6 Å². The van der Waals surface area contributed by atoms with Crippen LogP contribution in [0.4, 0.5) is 4.79 Å². The lowest BCUT2D eigenvalue weighted by molar-refractivity contribution is -0.119. The summed E-state index contributed by atoms with van der Waals surface area (Å²) in [5, 5.41) is 18.3. The van der Waals surface area contributed by atoms with Crippen LogP contribution >= 0.6 is 23.2 Å². The molecule has 2 aromatic carbocycles. The Balaban J connectivity index is 1.17. The molecule has 276 valence electrons. The number of benzene rings is 2. The summed E-state index contributed by atoms with van der Waals surface area (Å²) in [6.07, 6.45) is 3.61. The number of halogens is 2. The van der Waals surface area contributed by atoms with Crippen molar-refractivity contribution in [3.05, 3.63) is 92.6 Å². The quantitative estimate of drug-likeness (QED) is 0.164. The maximum Gasteiger partial charge on any atom is 0.407 e. The van der Waals surface area contributed by atoms with Crippen LogP contribution in [0.1, 0.15) is 37.1 Å². The van der Waals surface area contributed by atoms with Gasteiger partial charge in [0, 0.05) is 72.2 Å². The normalized spacial score (nSPS) is 17.1. The number of carbonyl (C=O) groups is 2. The molecule has 2 aliphatic rings. The van der Waals surface area contributed by atoms with Crippen LogP contribution in [-0.2, 0) is 29.7 Å². The van der Waals surface area contributed by atoms with Crippen molar-refractivity contribution in [2.24, 2.45) is 7.05 Å². The minimum Gasteiger partial charge on any atom is -0.481 e. The van der Waals surface area contributed by atoms with Gasteiger partial charge in [0.15, 0.2) is 0 Å². The maximum absolute atomic E-state index is 13.5. The molecule has 13 nitrogen and oxygen atoms in total. The highest BCUT2D eigenvalue weighted by Gasteiger charge is 2.27. The summed E-state index contributed by atoms with van der Waals surface area (Å²) < 4.78 is 14.6. The number of nitrogens with zero attached hydrogens (tertiary/aromatic N) is 6. The second kappa shape index (κ2) is 15.2. The van der Waals surface area contributed by atoms with Crippen LogP contribution in [0.15, 0.2) is 65.6 Å². The van der Waals surface area contributed by atoms with Gasteiger partial charge in [0.2, 0.25) is 11.8 Å². The SMILES string of the molecule is COc1nc(-c2cccc(-c3cccc(-c4cc5c(=O)n(C)c(CN(C)[C@@H]6CCCO6)nn5c4)c3Cl)c2Cl)ccc1CN(C[C@@H]1CCC(=O)N1)C(=O)O. The van der Waals surface area contributed by atoms with Crippen molar-refractivity contribution in [1.29, 1.82) is 0 Å². The van der Waals surface area contributed by atoms with Crippen LogP contribution in [0.2, 0.25) is 10.0 Å². The van der Waals surface area contributed by atoms with Gasteiger partial charge in [0.1, 0.15) is 17.6 Å². The molecule has 2 saturated heterocycles. The number of carboxylic acid groups (broad SMARTS) is 1. The summed E-state index contributed by atoms with van der Waals surface area (Å²) in [7, 11) is 5.17. The molecule has 2 atom stereocenters. The van der Waals surface area contributed by atoms with E-state index in [4.69, 9.17) is 42.8 Å². The van der Waals surface area contributed by atoms with Crippen LogP contribution in [0.3, 0.4) is 0 Å². The third kappa shape index (κ3) is 7.34. The number of aromatic nitrogens is 4. The van der Waals surface area contributed by atoms with E-state index in [-0.39, 0.29) is 42.7 Å². The number of ether oxygens (including phenoxy) is 2. The summed E-state index contributed by atoms with van der Waals surface area (Å²) in [6, 6.07) is 16.3. The van der Waals surface area contributed by atoms with E-state index in [1.165, 1.54) is 12.0 Å². The zero-order valence-corrected chi connectivity index (χ0v) is 31.0. The largest absolute Gasteiger partial charge is 0.481 e. The third-order valence-electron chi connectivity index (χ3n) is 9.89. The number of amides is 2. The molecule has 53 heavy (non-hydrogen) atoms. The van der Waals surface area contributed by atoms with Crippen LogP contribution in [0.25, 0.3) is 39.0 Å². The van der Waals surface area contributed by atoms with Crippen LogP contribution < -0.4 is 15.6 Å². The molecule has 0 unspecified atom stereocenters. The highest BCUT2D eigenvalue weighted by Crippen LogP contribution is 2.42. The van der Waals surface area contributed by atoms with Gasteiger partial charge in [-0.3, -0.25) is 19.1 Å². The second-order valence-corrected chi connectivity index (χ2v) is 14.1. The van der Waals surface area contributed by atoms with Gasteiger partial charge in [-0.2, -0.15) is 5.10 Å². The van der Waals surface area contributed by atoms with E-state index in [0.717, 1.165) is 25.0 Å². The van der Waals surface area contributed by atoms with Gasteiger partial charge < -0.3 is 24.8 Å². The highest BCUT2D eigenvalue weighted by atomic mass is 35.5. The molecule has 0 radical (unpaired) electrons. The molecule has 0 aliphatic carbocycles. The summed E-state index contributed by atoms with van der Waals surface area (Å²) in [5.41, 5.74) is 4.77. The Hall–Kier alpha value is -4.95. The Morgan fingerprint density at radius 3 is 2.42 bits per heavy atom. The van der Waals surface area contributed by atoms with E-state index in [1.807, 2.05) is 49.6 Å². The first-order chi connectivity index (χ1) is 25.5. The zero-order valence-electron chi connectivity index (χ0n) is 29.5. The van der Waals surface area contributed by atoms with Crippen LogP contribution in [0, 0.1) is 0 Å². The topological polar surface area (TPSA) is 144 Å². The van der Waals surface area contributed by atoms with Gasteiger partial charge in [0.25, 0.3) is 5.56 Å². The first-order valence-corrected chi connectivity index (χ1v) is 18.1. The number of pyridine rings is 1. The number of carbonyl (C=O) groups excluding carboxylic acids is 1. The fourth-order valence-electron chi connectivity index (χ4n) is 7.01. The number of fused-ring (bicyclic) bond motifs is 1. The predicted octanol–water partition coefficient (Wildman–Crippen LogP) is 6.07. The minimum absolute atomic E-state index is 0.000440. The van der Waals surface area contributed by atoms with Gasteiger partial charge in [0.05, 0.1) is 35.9 Å². The Bertz CT molecular complexity index is 2270. The van der Waals surface area contributed by atoms with Crippen molar-refractivity contribution in [3.63, 3.8) is 0 Å². The van der Waals surface area contributed by atoms with E-state index in [9.17, 15) is 19.5 Å². The highest BCUT2D eigenvalue weighted by molar-refractivity contribution is 6.39. The first kappa shape index (κ1) is 36.4. The summed E-state index contributed by atoms with van der Waals surface area (Å²) in [5.74, 6) is 0.790. The molecule has 2 fully saturated rings. The van der Waals surface area contributed by atoms with E-state index in [2.05, 4.69) is 10.2 Å². The van der Waals surface area contributed by atoms with Crippen LogP contribution in [-0.4, -0.2) is 85.7 Å². The Morgan fingerprint density at radius 2 is 1.75 bits per heavy atom. The molecule has 5 aromatic rings. The molecule has 0 saturated carbocycles. The van der Waals surface area contributed by atoms with Gasteiger partial charge in [-0.25, -0.2) is 14.3 Å². The van der Waals surface area contributed by atoms with E-state index in [0.29, 0.717) is 74.3 Å². The molecule has 7 rings (SSSR count). The average molecular weight is 761 g/mol. The standard InChI is InChI=1S/C38H39Cl2N7O6/c1-44(33-11-6-16-53-33)21-31-43-47-19-23(17-30(47)37(49)45(31)2)25-7-4-8-26(34(25)39)27-9-5-10-28(35(27)40)29-14-12-22(36(42-29)52-3)18-46(38(50)51)20-24-13-15-32(48)41-24/h4-5,7-10,12,14,17,19,24,33H,6,11,13,15-16,18,20-21H2,1-3H3,(H,41,48)(H,50,51)/t24-,33-/m0/s1. The molecule has 15 heteroatoms. The monoisotopic (exact) mass is 759 g/mol. The molecule has 2 amide bonds. The van der Waals surface area contributed by atoms with E-state index < -0.39 is 6.09 Å². The number of hydrogen-bond donors (Lipinski definition) is 2. The first-order valence-electron chi connectivity index (χ1n) is 17.3. The predicted molar refractivity (Wildman–Crippen MR) is 201 cm³/mol. The summed E-state index contributed by atoms with van der Waals surface area (Å²) >= 11 is 14.2. The van der Waals surface area contributed by atoms with Gasteiger partial charge in [-0.05, 0) is 44.5 Å². The van der Waals surface area contributed by atoms with Crippen molar-refractivity contribution in [2.45, 2.75) is 51.0 Å². The average Bonchev–Trinajstić information content (AvgIpc) is 3.93. The molecule has 0 bridgehead atoms. The van der Waals surface area contributed by atoms with Gasteiger partial charge in [-0.15, -0.1) is 0 Å². The Kier molecular flexibility index (Phi) is 10.4. The van der Waals surface area contributed by atoms with Crippen molar-refractivity contribution < 1.29 is 24.2 Å². The smallest absolute Gasteiger partial charge is 0.407 e. The molecular formula is C38H39Cl2N7O6. The second-order valence-electron chi connectivity index (χ2n) is 13.4. The summed E-state index contributed by atoms with van der Waals surface area (Å²) in [4.78, 5) is 45.2. The molecule has 2 aliphatic heterocycles.